The number of aliphatic hydroxyl groups excluding tert-OH is 1. The van der Waals surface area contributed by atoms with Crippen LogP contribution in [0.1, 0.15) is 32.5 Å². The topological polar surface area (TPSA) is 117 Å². The van der Waals surface area contributed by atoms with E-state index in [1.807, 2.05) is 30.3 Å². The van der Waals surface area contributed by atoms with Crippen LogP contribution in [0.25, 0.3) is 6.08 Å². The second-order valence-electron chi connectivity index (χ2n) is 7.45. The summed E-state index contributed by atoms with van der Waals surface area (Å²) < 4.78 is 4.77. The Bertz CT molecular complexity index is 1340. The minimum absolute atomic E-state index is 0.0755. The van der Waals surface area contributed by atoms with Crippen molar-refractivity contribution in [3.05, 3.63) is 93.7 Å². The molecule has 0 saturated carbocycles. The van der Waals surface area contributed by atoms with Crippen LogP contribution in [-0.4, -0.2) is 40.0 Å². The van der Waals surface area contributed by atoms with Gasteiger partial charge in [0.25, 0.3) is 5.91 Å². The molecule has 8 nitrogen and oxygen atoms in total. The smallest absolute Gasteiger partial charge is 0.350 e. The molecule has 34 heavy (non-hydrogen) atoms. The predicted octanol–water partition coefficient (Wildman–Crippen LogP) is 4.13. The van der Waals surface area contributed by atoms with Crippen LogP contribution in [0, 0.1) is 6.92 Å². The number of anilines is 1. The maximum atomic E-state index is 13.2. The molecule has 0 spiro atoms. The van der Waals surface area contributed by atoms with Crippen molar-refractivity contribution in [3.8, 4) is 5.75 Å². The number of benzene rings is 2. The molecule has 0 bridgehead atoms. The van der Waals surface area contributed by atoms with Crippen LogP contribution >= 0.6 is 11.3 Å². The number of aromatic nitrogens is 1. The van der Waals surface area contributed by atoms with Crippen LogP contribution in [-0.2, 0) is 14.3 Å². The van der Waals surface area contributed by atoms with Gasteiger partial charge in [-0.2, -0.15) is 0 Å². The number of aromatic hydroxyl groups is 1. The fraction of sp³-hybridized carbons (Fsp3) is 0.120. The van der Waals surface area contributed by atoms with Gasteiger partial charge in [0.15, 0.2) is 16.7 Å². The van der Waals surface area contributed by atoms with Gasteiger partial charge in [0, 0.05) is 0 Å². The first kappa shape index (κ1) is 22.9. The third-order valence-corrected chi connectivity index (χ3v) is 6.39. The molecule has 9 heteroatoms. The minimum Gasteiger partial charge on any atom is -0.508 e. The zero-order valence-electron chi connectivity index (χ0n) is 18.3. The molecule has 0 aliphatic carbocycles. The highest BCUT2D eigenvalue weighted by atomic mass is 32.1. The fourth-order valence-electron chi connectivity index (χ4n) is 3.66. The molecule has 0 radical (unpaired) electrons. The maximum absolute atomic E-state index is 13.2. The van der Waals surface area contributed by atoms with E-state index >= 15 is 0 Å². The van der Waals surface area contributed by atoms with E-state index in [-0.39, 0.29) is 21.3 Å². The lowest BCUT2D eigenvalue weighted by atomic mass is 9.95. The van der Waals surface area contributed by atoms with Gasteiger partial charge in [-0.05, 0) is 36.3 Å². The van der Waals surface area contributed by atoms with Crippen molar-refractivity contribution >= 4 is 40.2 Å². The number of ether oxygens (including phenoxy) is 1. The van der Waals surface area contributed by atoms with Gasteiger partial charge in [0.05, 0.1) is 24.4 Å². The molecule has 1 atom stereocenters. The number of methoxy groups -OCH3 is 1. The minimum atomic E-state index is -1.07. The molecule has 2 heterocycles. The molecule has 1 aliphatic heterocycles. The maximum Gasteiger partial charge on any atom is 0.350 e. The summed E-state index contributed by atoms with van der Waals surface area (Å²) in [5, 5.41) is 20.9. The quantitative estimate of drug-likeness (QED) is 0.406. The van der Waals surface area contributed by atoms with Crippen LogP contribution in [0.2, 0.25) is 0 Å². The molecule has 3 aromatic rings. The van der Waals surface area contributed by atoms with Gasteiger partial charge in [0.2, 0.25) is 0 Å². The molecule has 1 aliphatic rings. The summed E-state index contributed by atoms with van der Waals surface area (Å²) in [7, 11) is 1.24. The normalized spacial score (nSPS) is 15.9. The number of amides is 1. The Balaban J connectivity index is 1.81. The number of allylic oxidation sites excluding steroid dienone is 1. The number of ketones is 1. The lowest BCUT2D eigenvalue weighted by molar-refractivity contribution is -0.117. The highest BCUT2D eigenvalue weighted by molar-refractivity contribution is 7.17. The van der Waals surface area contributed by atoms with Gasteiger partial charge in [-0.25, -0.2) is 9.78 Å². The summed E-state index contributed by atoms with van der Waals surface area (Å²) in [4.78, 5) is 44.1. The molecular weight excluding hydrogens is 456 g/mol. The first-order valence-corrected chi connectivity index (χ1v) is 11.0. The van der Waals surface area contributed by atoms with Crippen molar-refractivity contribution in [2.75, 3.05) is 12.0 Å². The second kappa shape index (κ2) is 9.32. The second-order valence-corrected chi connectivity index (χ2v) is 8.42. The summed E-state index contributed by atoms with van der Waals surface area (Å²) in [5.74, 6) is -2.82. The summed E-state index contributed by atoms with van der Waals surface area (Å²) in [5.41, 5.74) is 1.35. The average Bonchev–Trinajstić information content (AvgIpc) is 3.34. The van der Waals surface area contributed by atoms with Gasteiger partial charge < -0.3 is 14.9 Å². The van der Waals surface area contributed by atoms with Crippen molar-refractivity contribution in [1.29, 1.82) is 0 Å². The summed E-state index contributed by atoms with van der Waals surface area (Å²) in [6, 6.07) is 14.1. The van der Waals surface area contributed by atoms with Gasteiger partial charge in [-0.3, -0.25) is 14.5 Å². The highest BCUT2D eigenvalue weighted by Crippen LogP contribution is 2.43. The van der Waals surface area contributed by atoms with E-state index in [4.69, 9.17) is 4.74 Å². The number of nitrogens with zero attached hydrogens (tertiary/aromatic N) is 2. The third-order valence-electron chi connectivity index (χ3n) is 5.25. The first-order chi connectivity index (χ1) is 16.3. The number of aryl methyl sites for hydroxylation is 1. The van der Waals surface area contributed by atoms with E-state index in [1.54, 1.807) is 25.1 Å². The first-order valence-electron chi connectivity index (χ1n) is 10.2. The van der Waals surface area contributed by atoms with E-state index in [2.05, 4.69) is 4.98 Å². The van der Waals surface area contributed by atoms with Gasteiger partial charge in [0.1, 0.15) is 10.6 Å². The molecule has 1 aromatic heterocycles. The Morgan fingerprint density at radius 3 is 2.53 bits per heavy atom. The van der Waals surface area contributed by atoms with E-state index < -0.39 is 29.5 Å². The summed E-state index contributed by atoms with van der Waals surface area (Å²) in [6.45, 7) is 1.60. The number of phenolic OH excluding ortho intramolecular Hbond substituents is 1. The average molecular weight is 477 g/mol. The van der Waals surface area contributed by atoms with E-state index in [0.29, 0.717) is 11.3 Å². The number of carbonyl (C=O) groups excluding carboxylic acids is 3. The fourth-order valence-corrected chi connectivity index (χ4v) is 4.67. The van der Waals surface area contributed by atoms with Crippen LogP contribution in [0.3, 0.4) is 0 Å². The zero-order valence-corrected chi connectivity index (χ0v) is 19.1. The Kier molecular flexibility index (Phi) is 6.29. The largest absolute Gasteiger partial charge is 0.508 e. The van der Waals surface area contributed by atoms with Gasteiger partial charge in [-0.15, -0.1) is 0 Å². The Morgan fingerprint density at radius 2 is 1.85 bits per heavy atom. The number of aliphatic hydroxyl groups is 1. The Labute approximate surface area is 199 Å². The molecule has 2 aromatic carbocycles. The number of hydrogen-bond acceptors (Lipinski definition) is 8. The van der Waals surface area contributed by atoms with E-state index in [0.717, 1.165) is 21.8 Å². The molecule has 0 fully saturated rings. The van der Waals surface area contributed by atoms with Crippen molar-refractivity contribution < 1.29 is 29.3 Å². The summed E-state index contributed by atoms with van der Waals surface area (Å²) in [6.07, 6.45) is 2.86. The van der Waals surface area contributed by atoms with Gasteiger partial charge in [-0.1, -0.05) is 59.9 Å². The van der Waals surface area contributed by atoms with Crippen molar-refractivity contribution in [2.45, 2.75) is 13.0 Å². The van der Waals surface area contributed by atoms with Crippen molar-refractivity contribution in [3.63, 3.8) is 0 Å². The van der Waals surface area contributed by atoms with E-state index in [1.165, 1.54) is 25.3 Å². The number of hydrogen-bond donors (Lipinski definition) is 2. The predicted molar refractivity (Wildman–Crippen MR) is 127 cm³/mol. The SMILES string of the molecule is COC(=O)c1sc(N2C(=O)C(O)=C(C(=O)C=Cc3ccccc3)C2c2cccc(O)c2)nc1C. The van der Waals surface area contributed by atoms with Crippen LogP contribution in [0.5, 0.6) is 5.75 Å². The number of carbonyl (C=O) groups is 3. The van der Waals surface area contributed by atoms with Crippen LogP contribution in [0.15, 0.2) is 72.0 Å². The van der Waals surface area contributed by atoms with Crippen LogP contribution < -0.4 is 4.90 Å². The van der Waals surface area contributed by atoms with E-state index in [9.17, 15) is 24.6 Å². The Morgan fingerprint density at radius 1 is 1.12 bits per heavy atom. The number of phenols is 1. The standard InChI is InChI=1S/C25H20N2O6S/c1-14-22(24(32)33-2)34-25(26-14)27-20(16-9-6-10-17(28)13-16)19(21(30)23(27)31)18(29)12-11-15-7-4-3-5-8-15/h3-13,20,28,30H,1-2H3. The molecule has 1 unspecified atom stereocenters. The number of esters is 1. The molecule has 2 N–H and O–H groups in total. The lowest BCUT2D eigenvalue weighted by Crippen LogP contribution is -2.30. The lowest BCUT2D eigenvalue weighted by Gasteiger charge is -2.24. The molecule has 0 saturated heterocycles. The number of thiazole rings is 1. The monoisotopic (exact) mass is 476 g/mol. The van der Waals surface area contributed by atoms with Crippen molar-refractivity contribution in [2.24, 2.45) is 0 Å². The number of rotatable bonds is 6. The molecule has 172 valence electrons. The van der Waals surface area contributed by atoms with Crippen molar-refractivity contribution in [1.82, 2.24) is 4.98 Å². The molecular formula is C25H20N2O6S. The molecule has 4 rings (SSSR count). The molecule has 1 amide bonds. The third kappa shape index (κ3) is 4.20. The zero-order chi connectivity index (χ0) is 24.4. The highest BCUT2D eigenvalue weighted by Gasteiger charge is 2.45. The van der Waals surface area contributed by atoms with Gasteiger partial charge >= 0.3 is 5.97 Å². The summed E-state index contributed by atoms with van der Waals surface area (Å²) >= 11 is 0.912. The Hall–Kier alpha value is -4.24. The van der Waals surface area contributed by atoms with Crippen LogP contribution in [0.4, 0.5) is 5.13 Å².